The third-order valence-corrected chi connectivity index (χ3v) is 1.73. The molecule has 0 fully saturated rings. The van der Waals surface area contributed by atoms with E-state index < -0.39 is 0 Å². The molecular weight excluding hydrogens is 237 g/mol. The Balaban J connectivity index is 0. The van der Waals surface area contributed by atoms with E-state index in [-0.39, 0.29) is 40.1 Å². The van der Waals surface area contributed by atoms with Gasteiger partial charge in [0.15, 0.2) is 0 Å². The Hall–Kier alpha value is 0.124. The van der Waals surface area contributed by atoms with Gasteiger partial charge in [0, 0.05) is 34.1 Å². The summed E-state index contributed by atoms with van der Waals surface area (Å²) in [6.07, 6.45) is 0.955. The minimum Gasteiger partial charge on any atom is -0.496 e. The maximum Gasteiger partial charge on any atom is 0.122 e. The Labute approximate surface area is 108 Å². The predicted octanol–water partition coefficient (Wildman–Crippen LogP) is 3.01. The minimum absolute atomic E-state index is 0. The van der Waals surface area contributed by atoms with Gasteiger partial charge >= 0.3 is 0 Å². The van der Waals surface area contributed by atoms with Gasteiger partial charge in [-0.1, -0.05) is 24.6 Å². The van der Waals surface area contributed by atoms with Gasteiger partial charge in [0.05, 0.1) is 7.11 Å². The molecule has 1 aromatic carbocycles. The maximum absolute atomic E-state index is 7.20. The first-order valence-corrected chi connectivity index (χ1v) is 3.76. The van der Waals surface area contributed by atoms with Crippen LogP contribution in [0.5, 0.6) is 5.75 Å². The number of rotatable bonds is 2. The van der Waals surface area contributed by atoms with Gasteiger partial charge < -0.3 is 12.2 Å². The molecular formula is C11H17OY-. The van der Waals surface area contributed by atoms with Crippen molar-refractivity contribution in [3.8, 4) is 5.75 Å². The van der Waals surface area contributed by atoms with E-state index in [9.17, 15) is 0 Å². The Morgan fingerprint density at radius 3 is 2.62 bits per heavy atom. The van der Waals surface area contributed by atoms with Crippen LogP contribution in [-0.4, -0.2) is 7.11 Å². The standard InChI is InChI=1S/C10H14O.CH3.Y/c1-4-9-7-8(2)5-6-10(9)11-3;;/h5-7H,4H2,1-3H3;1H3;/q;-1;/i2D;;. The molecule has 0 unspecified atom stereocenters. The van der Waals surface area contributed by atoms with Gasteiger partial charge in [-0.15, -0.1) is 0 Å². The van der Waals surface area contributed by atoms with Gasteiger partial charge in [0.1, 0.15) is 5.75 Å². The van der Waals surface area contributed by atoms with Crippen LogP contribution in [0.2, 0.25) is 0 Å². The fourth-order valence-corrected chi connectivity index (χ4v) is 1.11. The van der Waals surface area contributed by atoms with E-state index in [4.69, 9.17) is 6.11 Å². The van der Waals surface area contributed by atoms with E-state index in [0.29, 0.717) is 6.90 Å². The normalized spacial score (nSPS) is 9.23. The summed E-state index contributed by atoms with van der Waals surface area (Å²) in [5.41, 5.74) is 2.23. The molecule has 0 aromatic heterocycles. The Morgan fingerprint density at radius 2 is 2.15 bits per heavy atom. The van der Waals surface area contributed by atoms with Gasteiger partial charge in [-0.05, 0) is 25.0 Å². The van der Waals surface area contributed by atoms with Crippen molar-refractivity contribution < 1.29 is 38.8 Å². The van der Waals surface area contributed by atoms with E-state index >= 15 is 0 Å². The minimum atomic E-state index is 0. The first kappa shape index (κ1) is 13.1. The van der Waals surface area contributed by atoms with Crippen LogP contribution >= 0.6 is 0 Å². The summed E-state index contributed by atoms with van der Waals surface area (Å²) >= 11 is 0. The molecule has 1 nitrogen and oxygen atoms in total. The van der Waals surface area contributed by atoms with Crippen LogP contribution in [0.25, 0.3) is 0 Å². The molecule has 0 N–H and O–H groups in total. The molecule has 0 heterocycles. The van der Waals surface area contributed by atoms with Crippen molar-refractivity contribution in [2.75, 3.05) is 7.11 Å². The van der Waals surface area contributed by atoms with E-state index in [2.05, 4.69) is 6.92 Å². The molecule has 0 saturated carbocycles. The molecule has 0 saturated heterocycles. The molecule has 1 aromatic rings. The van der Waals surface area contributed by atoms with Crippen molar-refractivity contribution in [1.29, 1.82) is 0 Å². The van der Waals surface area contributed by atoms with E-state index in [1.54, 1.807) is 7.11 Å². The second kappa shape index (κ2) is 7.52. The Morgan fingerprint density at radius 1 is 1.46 bits per heavy atom. The van der Waals surface area contributed by atoms with E-state index in [1.807, 2.05) is 18.2 Å². The monoisotopic (exact) mass is 255 g/mol. The van der Waals surface area contributed by atoms with Crippen molar-refractivity contribution in [1.82, 2.24) is 0 Å². The third-order valence-electron chi connectivity index (χ3n) is 1.73. The summed E-state index contributed by atoms with van der Waals surface area (Å²) in [4.78, 5) is 0. The third kappa shape index (κ3) is 4.24. The van der Waals surface area contributed by atoms with Crippen LogP contribution in [-0.2, 0) is 39.1 Å². The van der Waals surface area contributed by atoms with Crippen LogP contribution in [0.4, 0.5) is 0 Å². The smallest absolute Gasteiger partial charge is 0.122 e. The molecule has 0 aliphatic carbocycles. The van der Waals surface area contributed by atoms with Crippen LogP contribution in [0.1, 0.15) is 19.4 Å². The average Bonchev–Trinajstić information content (AvgIpc) is 2.16. The summed E-state index contributed by atoms with van der Waals surface area (Å²) in [6, 6.07) is 5.90. The first-order valence-electron chi connectivity index (χ1n) is 4.47. The molecule has 2 heteroatoms. The fraction of sp³-hybridized carbons (Fsp3) is 0.364. The van der Waals surface area contributed by atoms with Gasteiger partial charge in [0.25, 0.3) is 0 Å². The van der Waals surface area contributed by atoms with Crippen molar-refractivity contribution in [3.63, 3.8) is 0 Å². The molecule has 1 rings (SSSR count). The number of methoxy groups -OCH3 is 1. The number of hydrogen-bond acceptors (Lipinski definition) is 1. The molecule has 0 amide bonds. The number of ether oxygens (including phenoxy) is 1. The second-order valence-electron chi connectivity index (χ2n) is 2.50. The summed E-state index contributed by atoms with van der Waals surface area (Å²) in [5, 5.41) is 0. The molecule has 0 atom stereocenters. The fourth-order valence-electron chi connectivity index (χ4n) is 1.11. The van der Waals surface area contributed by atoms with Crippen molar-refractivity contribution >= 4 is 0 Å². The zero-order chi connectivity index (χ0) is 8.97. The predicted molar refractivity (Wildman–Crippen MR) is 53.5 cm³/mol. The van der Waals surface area contributed by atoms with Crippen LogP contribution < -0.4 is 4.74 Å². The first-order chi connectivity index (χ1) is 5.81. The zero-order valence-corrected chi connectivity index (χ0v) is 11.5. The quantitative estimate of drug-likeness (QED) is 0.738. The van der Waals surface area contributed by atoms with Gasteiger partial charge in [-0.3, -0.25) is 0 Å². The Kier molecular flexibility index (Phi) is 7.59. The van der Waals surface area contributed by atoms with Crippen molar-refractivity contribution in [2.45, 2.75) is 20.2 Å². The number of hydrogen-bond donors (Lipinski definition) is 0. The molecule has 0 spiro atoms. The number of aryl methyl sites for hydroxylation is 2. The van der Waals surface area contributed by atoms with Crippen molar-refractivity contribution in [2.24, 2.45) is 0 Å². The molecule has 0 bridgehead atoms. The maximum atomic E-state index is 7.20. The summed E-state index contributed by atoms with van der Waals surface area (Å²) in [5.74, 6) is 0.926. The van der Waals surface area contributed by atoms with E-state index in [1.165, 1.54) is 5.56 Å². The summed E-state index contributed by atoms with van der Waals surface area (Å²) in [7, 11) is 1.68. The average molecular weight is 255 g/mol. The van der Waals surface area contributed by atoms with Gasteiger partial charge in [0.2, 0.25) is 0 Å². The van der Waals surface area contributed by atoms with Crippen molar-refractivity contribution in [3.05, 3.63) is 36.8 Å². The molecule has 0 aliphatic rings. The number of benzene rings is 1. The van der Waals surface area contributed by atoms with Crippen LogP contribution in [0, 0.1) is 14.3 Å². The molecule has 13 heavy (non-hydrogen) atoms. The van der Waals surface area contributed by atoms with Crippen LogP contribution in [0.15, 0.2) is 18.2 Å². The SMILES string of the molecule is [2H]Cc1ccc(OC)c(CC)c1.[CH3-].[Y]. The van der Waals surface area contributed by atoms with Gasteiger partial charge in [-0.25, -0.2) is 0 Å². The Bertz CT molecular complexity index is 263. The summed E-state index contributed by atoms with van der Waals surface area (Å²) in [6.45, 7) is 2.43. The largest absolute Gasteiger partial charge is 0.496 e. The van der Waals surface area contributed by atoms with Gasteiger partial charge in [-0.2, -0.15) is 0 Å². The second-order valence-corrected chi connectivity index (χ2v) is 2.50. The summed E-state index contributed by atoms with van der Waals surface area (Å²) < 4.78 is 12.4. The van der Waals surface area contributed by atoms with Crippen LogP contribution in [0.3, 0.4) is 0 Å². The van der Waals surface area contributed by atoms with E-state index in [0.717, 1.165) is 17.7 Å². The topological polar surface area (TPSA) is 9.23 Å². The molecule has 71 valence electrons. The molecule has 1 radical (unpaired) electrons. The zero-order valence-electron chi connectivity index (χ0n) is 9.63. The molecule has 0 aliphatic heterocycles.